The van der Waals surface area contributed by atoms with Crippen LogP contribution in [0.5, 0.6) is 0 Å². The molecule has 7 nitrogen and oxygen atoms in total. The van der Waals surface area contributed by atoms with Crippen molar-refractivity contribution in [2.75, 3.05) is 5.32 Å². The molecule has 2 N–H and O–H groups in total. The van der Waals surface area contributed by atoms with E-state index in [0.717, 1.165) is 29.7 Å². The van der Waals surface area contributed by atoms with Gasteiger partial charge >= 0.3 is 6.09 Å². The third-order valence-corrected chi connectivity index (χ3v) is 6.45. The molecule has 0 spiro atoms. The van der Waals surface area contributed by atoms with Crippen LogP contribution in [-0.2, 0) is 14.3 Å². The van der Waals surface area contributed by atoms with Gasteiger partial charge in [0.1, 0.15) is 17.7 Å². The van der Waals surface area contributed by atoms with E-state index in [1.165, 1.54) is 0 Å². The lowest BCUT2D eigenvalue weighted by molar-refractivity contribution is -0.142. The summed E-state index contributed by atoms with van der Waals surface area (Å²) in [5.74, 6) is 1.71. The van der Waals surface area contributed by atoms with Crippen molar-refractivity contribution < 1.29 is 19.1 Å². The number of nitrogens with one attached hydrogen (secondary N) is 2. The van der Waals surface area contributed by atoms with Crippen LogP contribution in [0.25, 0.3) is 0 Å². The van der Waals surface area contributed by atoms with Gasteiger partial charge < -0.3 is 20.3 Å². The van der Waals surface area contributed by atoms with E-state index in [0.29, 0.717) is 11.1 Å². The van der Waals surface area contributed by atoms with Crippen LogP contribution in [0, 0.1) is 32.1 Å². The van der Waals surface area contributed by atoms with Gasteiger partial charge in [-0.25, -0.2) is 4.79 Å². The van der Waals surface area contributed by atoms with Gasteiger partial charge in [0.25, 0.3) is 5.91 Å². The van der Waals surface area contributed by atoms with Gasteiger partial charge in [0.05, 0.1) is 0 Å². The van der Waals surface area contributed by atoms with Crippen molar-refractivity contribution in [3.8, 4) is 12.3 Å². The minimum atomic E-state index is -0.914. The number of para-hydroxylation sites is 1. The zero-order chi connectivity index (χ0) is 28.2. The molecule has 0 saturated heterocycles. The first kappa shape index (κ1) is 28.8. The van der Waals surface area contributed by atoms with E-state index in [-0.39, 0.29) is 23.8 Å². The number of benzene rings is 2. The van der Waals surface area contributed by atoms with Crippen molar-refractivity contribution in [1.29, 1.82) is 0 Å². The Morgan fingerprint density at radius 1 is 1.03 bits per heavy atom. The van der Waals surface area contributed by atoms with E-state index >= 15 is 0 Å². The topological polar surface area (TPSA) is 87.7 Å². The molecule has 3 amide bonds. The molecule has 1 aliphatic rings. The number of rotatable bonds is 8. The summed E-state index contributed by atoms with van der Waals surface area (Å²) >= 11 is 0. The van der Waals surface area contributed by atoms with Gasteiger partial charge in [0, 0.05) is 17.3 Å². The smallest absolute Gasteiger partial charge is 0.408 e. The molecule has 0 aliphatic heterocycles. The highest BCUT2D eigenvalue weighted by Gasteiger charge is 2.44. The second-order valence-electron chi connectivity index (χ2n) is 11.3. The zero-order valence-corrected chi connectivity index (χ0v) is 23.4. The summed E-state index contributed by atoms with van der Waals surface area (Å²) in [6.45, 7) is 12.9. The number of nitrogens with zero attached hydrogens (tertiary/aromatic N) is 1. The van der Waals surface area contributed by atoms with Crippen molar-refractivity contribution in [3.63, 3.8) is 0 Å². The summed E-state index contributed by atoms with van der Waals surface area (Å²) in [6.07, 6.45) is 6.44. The van der Waals surface area contributed by atoms with Crippen molar-refractivity contribution in [3.05, 3.63) is 64.7 Å². The Labute approximate surface area is 226 Å². The highest BCUT2D eigenvalue weighted by atomic mass is 16.6. The molecule has 1 fully saturated rings. The number of hydrogen-bond donors (Lipinski definition) is 2. The molecule has 0 heterocycles. The van der Waals surface area contributed by atoms with Crippen LogP contribution < -0.4 is 10.6 Å². The SMILES string of the molecule is C#Cc1ccc(C(C(=O)Nc2c(C)cccc2C)N(C(=O)C(NC(=O)OC(C)(C)C)C(C)C)C2CC2)cc1. The van der Waals surface area contributed by atoms with E-state index in [9.17, 15) is 14.4 Å². The minimum absolute atomic E-state index is 0.120. The molecule has 3 rings (SSSR count). The predicted octanol–water partition coefficient (Wildman–Crippen LogP) is 5.50. The average molecular weight is 518 g/mol. The predicted molar refractivity (Wildman–Crippen MR) is 150 cm³/mol. The zero-order valence-electron chi connectivity index (χ0n) is 23.4. The maximum atomic E-state index is 14.1. The number of carbonyl (C=O) groups is 3. The van der Waals surface area contributed by atoms with E-state index in [1.807, 2.05) is 45.9 Å². The largest absolute Gasteiger partial charge is 0.444 e. The molecule has 0 radical (unpaired) electrons. The lowest BCUT2D eigenvalue weighted by atomic mass is 9.97. The van der Waals surface area contributed by atoms with Crippen LogP contribution in [0.1, 0.15) is 75.8 Å². The Hall–Kier alpha value is -3.79. The first-order valence-electron chi connectivity index (χ1n) is 13.1. The summed E-state index contributed by atoms with van der Waals surface area (Å²) in [7, 11) is 0. The summed E-state index contributed by atoms with van der Waals surface area (Å²) < 4.78 is 5.43. The molecule has 0 aromatic heterocycles. The molecule has 2 atom stereocenters. The number of ether oxygens (including phenoxy) is 1. The van der Waals surface area contributed by atoms with E-state index in [2.05, 4.69) is 16.6 Å². The number of amides is 3. The van der Waals surface area contributed by atoms with E-state index < -0.39 is 23.8 Å². The molecule has 2 aromatic rings. The normalized spacial score (nSPS) is 14.7. The minimum Gasteiger partial charge on any atom is -0.444 e. The number of terminal acetylenes is 1. The quantitative estimate of drug-likeness (QED) is 0.453. The van der Waals surface area contributed by atoms with Crippen LogP contribution in [0.15, 0.2) is 42.5 Å². The third kappa shape index (κ3) is 7.16. The molecular weight excluding hydrogens is 478 g/mol. The Morgan fingerprint density at radius 2 is 1.61 bits per heavy atom. The van der Waals surface area contributed by atoms with Crippen LogP contribution in [0.4, 0.5) is 10.5 Å². The van der Waals surface area contributed by atoms with Gasteiger partial charge in [-0.3, -0.25) is 9.59 Å². The van der Waals surface area contributed by atoms with Crippen LogP contribution in [-0.4, -0.2) is 40.5 Å². The van der Waals surface area contributed by atoms with Crippen molar-refractivity contribution in [1.82, 2.24) is 10.2 Å². The fourth-order valence-electron chi connectivity index (χ4n) is 4.38. The first-order valence-corrected chi connectivity index (χ1v) is 13.1. The number of aryl methyl sites for hydroxylation is 2. The Bertz CT molecular complexity index is 1200. The highest BCUT2D eigenvalue weighted by molar-refractivity contribution is 6.00. The molecule has 1 aliphatic carbocycles. The average Bonchev–Trinajstić information content (AvgIpc) is 3.67. The van der Waals surface area contributed by atoms with Gasteiger partial charge in [-0.15, -0.1) is 6.42 Å². The number of alkyl carbamates (subject to hydrolysis) is 1. The van der Waals surface area contributed by atoms with Gasteiger partial charge in [-0.1, -0.05) is 50.1 Å². The van der Waals surface area contributed by atoms with Gasteiger partial charge in [0.2, 0.25) is 5.91 Å². The first-order chi connectivity index (χ1) is 17.8. The fraction of sp³-hybridized carbons (Fsp3) is 0.452. The number of anilines is 1. The third-order valence-electron chi connectivity index (χ3n) is 6.45. The molecule has 2 unspecified atom stereocenters. The van der Waals surface area contributed by atoms with Gasteiger partial charge in [-0.05, 0) is 82.2 Å². The molecule has 202 valence electrons. The maximum absolute atomic E-state index is 14.1. The van der Waals surface area contributed by atoms with Crippen molar-refractivity contribution in [2.24, 2.45) is 5.92 Å². The standard InChI is InChI=1S/C31H39N3O4/c1-9-22-13-15-23(16-14-22)27(28(35)32-26-20(4)11-10-12-21(26)5)34(24-17-18-24)29(36)25(19(2)3)33-30(37)38-31(6,7)8/h1,10-16,19,24-25,27H,17-18H2,2-8H3,(H,32,35)(H,33,37). The van der Waals surface area contributed by atoms with E-state index in [4.69, 9.17) is 11.2 Å². The number of carbonyl (C=O) groups excluding carboxylic acids is 3. The summed E-state index contributed by atoms with van der Waals surface area (Å²) in [4.78, 5) is 42.4. The summed E-state index contributed by atoms with van der Waals surface area (Å²) in [5, 5.41) is 5.84. The lowest BCUT2D eigenvalue weighted by Crippen LogP contribution is -2.55. The Morgan fingerprint density at radius 3 is 2.08 bits per heavy atom. The van der Waals surface area contributed by atoms with Gasteiger partial charge in [0.15, 0.2) is 0 Å². The molecule has 7 heteroatoms. The van der Waals surface area contributed by atoms with Crippen molar-refractivity contribution in [2.45, 2.75) is 85.0 Å². The Kier molecular flexibility index (Phi) is 8.88. The second kappa shape index (κ2) is 11.7. The molecule has 1 saturated carbocycles. The molecular formula is C31H39N3O4. The summed E-state index contributed by atoms with van der Waals surface area (Å²) in [6, 6.07) is 11.0. The molecule has 2 aromatic carbocycles. The Balaban J connectivity index is 2.02. The highest BCUT2D eigenvalue weighted by Crippen LogP contribution is 2.37. The van der Waals surface area contributed by atoms with Gasteiger partial charge in [-0.2, -0.15) is 0 Å². The lowest BCUT2D eigenvalue weighted by Gasteiger charge is -2.36. The second-order valence-corrected chi connectivity index (χ2v) is 11.3. The van der Waals surface area contributed by atoms with Crippen LogP contribution in [0.2, 0.25) is 0 Å². The van der Waals surface area contributed by atoms with Crippen molar-refractivity contribution >= 4 is 23.6 Å². The van der Waals surface area contributed by atoms with Crippen LogP contribution in [0.3, 0.4) is 0 Å². The molecule has 38 heavy (non-hydrogen) atoms. The monoisotopic (exact) mass is 517 g/mol. The number of hydrogen-bond acceptors (Lipinski definition) is 4. The molecule has 0 bridgehead atoms. The van der Waals surface area contributed by atoms with E-state index in [1.54, 1.807) is 49.9 Å². The maximum Gasteiger partial charge on any atom is 0.408 e. The van der Waals surface area contributed by atoms with Crippen LogP contribution >= 0.6 is 0 Å². The summed E-state index contributed by atoms with van der Waals surface area (Å²) in [5.41, 5.74) is 3.19. The fourth-order valence-corrected chi connectivity index (χ4v) is 4.38.